The van der Waals surface area contributed by atoms with Crippen LogP contribution in [0, 0.1) is 22.5 Å². The summed E-state index contributed by atoms with van der Waals surface area (Å²) in [6.45, 7) is 4.97. The average molecular weight is 241 g/mol. The number of hydrogen-bond acceptors (Lipinski definition) is 4. The van der Waals surface area contributed by atoms with Crippen LogP contribution < -0.4 is 11.1 Å². The maximum atomic E-state index is 10.1. The molecule has 0 aliphatic heterocycles. The molecule has 0 unspecified atom stereocenters. The van der Waals surface area contributed by atoms with Gasteiger partial charge in [-0.05, 0) is 33.5 Å². The minimum atomic E-state index is -0.491. The highest BCUT2D eigenvalue weighted by Gasteiger charge is 2.05. The highest BCUT2D eigenvalue weighted by molar-refractivity contribution is 5.16. The summed E-state index contributed by atoms with van der Waals surface area (Å²) in [5, 5.41) is 12.9. The number of nitrogens with two attached hydrogens (primary N) is 1. The highest BCUT2D eigenvalue weighted by Crippen LogP contribution is 1.99. The van der Waals surface area contributed by atoms with E-state index in [2.05, 4.69) is 17.7 Å². The second-order valence-corrected chi connectivity index (χ2v) is 2.90. The van der Waals surface area contributed by atoms with Gasteiger partial charge in [0.2, 0.25) is 0 Å². The summed E-state index contributed by atoms with van der Waals surface area (Å²) in [7, 11) is 3.75. The third-order valence-corrected chi connectivity index (χ3v) is 1.22. The van der Waals surface area contributed by atoms with E-state index in [0.29, 0.717) is 0 Å². The lowest BCUT2D eigenvalue weighted by molar-refractivity contribution is -0.425. The summed E-state index contributed by atoms with van der Waals surface area (Å²) < 4.78 is 0. The molecule has 5 heteroatoms. The van der Waals surface area contributed by atoms with Crippen molar-refractivity contribution in [3.63, 3.8) is 0 Å². The summed E-state index contributed by atoms with van der Waals surface area (Å²) in [5.41, 5.74) is 5.57. The Morgan fingerprint density at radius 2 is 1.94 bits per heavy atom. The zero-order chi connectivity index (χ0) is 14.3. The van der Waals surface area contributed by atoms with Crippen LogP contribution >= 0.6 is 0 Å². The molecular weight excluding hydrogens is 218 g/mol. The van der Waals surface area contributed by atoms with Gasteiger partial charge in [-0.2, -0.15) is 0 Å². The van der Waals surface area contributed by atoms with Gasteiger partial charge in [-0.1, -0.05) is 13.0 Å². The van der Waals surface area contributed by atoms with Crippen molar-refractivity contribution < 1.29 is 4.92 Å². The zero-order valence-electron chi connectivity index (χ0n) is 11.3. The number of nitro groups is 1. The van der Waals surface area contributed by atoms with Gasteiger partial charge < -0.3 is 11.1 Å². The van der Waals surface area contributed by atoms with E-state index in [9.17, 15) is 10.1 Å². The summed E-state index contributed by atoms with van der Waals surface area (Å²) in [6, 6.07) is 0. The van der Waals surface area contributed by atoms with E-state index in [4.69, 9.17) is 5.73 Å². The largest absolute Gasteiger partial charge is 0.393 e. The van der Waals surface area contributed by atoms with Crippen LogP contribution in [0.4, 0.5) is 0 Å². The first kappa shape index (κ1) is 20.6. The molecule has 98 valence electrons. The molecule has 5 nitrogen and oxygen atoms in total. The van der Waals surface area contributed by atoms with Crippen molar-refractivity contribution in [1.82, 2.24) is 5.32 Å². The Morgan fingerprint density at radius 1 is 1.59 bits per heavy atom. The lowest BCUT2D eigenvalue weighted by atomic mass is 10.3. The molecule has 0 fully saturated rings. The van der Waals surface area contributed by atoms with Gasteiger partial charge in [0.25, 0.3) is 5.70 Å². The van der Waals surface area contributed by atoms with Gasteiger partial charge >= 0.3 is 0 Å². The minimum Gasteiger partial charge on any atom is -0.393 e. The van der Waals surface area contributed by atoms with E-state index in [1.165, 1.54) is 6.92 Å². The quantitative estimate of drug-likeness (QED) is 0.342. The monoisotopic (exact) mass is 241 g/mol. The van der Waals surface area contributed by atoms with Crippen LogP contribution in [-0.2, 0) is 0 Å². The summed E-state index contributed by atoms with van der Waals surface area (Å²) in [6.07, 6.45) is 8.76. The van der Waals surface area contributed by atoms with E-state index >= 15 is 0 Å². The third kappa shape index (κ3) is 20.3. The third-order valence-electron chi connectivity index (χ3n) is 1.22. The van der Waals surface area contributed by atoms with Crippen LogP contribution in [0.1, 0.15) is 27.2 Å². The second kappa shape index (κ2) is 16.6. The molecule has 17 heavy (non-hydrogen) atoms. The smallest absolute Gasteiger partial charge is 0.265 e. The van der Waals surface area contributed by atoms with Crippen molar-refractivity contribution in [2.45, 2.75) is 27.2 Å². The molecule has 0 rings (SSSR count). The molecule has 0 heterocycles. The Morgan fingerprint density at radius 3 is 2.18 bits per heavy atom. The number of terminal acetylenes is 1. The maximum absolute atomic E-state index is 10.1. The molecular formula is C12H23N3O2. The van der Waals surface area contributed by atoms with Crippen molar-refractivity contribution in [3.05, 3.63) is 33.7 Å². The molecule has 0 aromatic carbocycles. The van der Waals surface area contributed by atoms with Gasteiger partial charge in [0.1, 0.15) is 5.70 Å². The fourth-order valence-corrected chi connectivity index (χ4v) is 0.471. The summed E-state index contributed by atoms with van der Waals surface area (Å²) >= 11 is 0. The Hall–Kier alpha value is -1.80. The van der Waals surface area contributed by atoms with E-state index in [0.717, 1.165) is 6.42 Å². The van der Waals surface area contributed by atoms with Crippen LogP contribution in [0.2, 0.25) is 0 Å². The molecule has 0 radical (unpaired) electrons. The number of hydrogen-bond donors (Lipinski definition) is 2. The van der Waals surface area contributed by atoms with Crippen molar-refractivity contribution >= 4 is 0 Å². The van der Waals surface area contributed by atoms with Gasteiger partial charge in [-0.15, -0.1) is 12.3 Å². The topological polar surface area (TPSA) is 81.2 Å². The maximum Gasteiger partial charge on any atom is 0.265 e. The fourth-order valence-electron chi connectivity index (χ4n) is 0.471. The molecule has 0 aromatic heterocycles. The Labute approximate surface area is 104 Å². The number of allylic oxidation sites excluding steroid dienone is 3. The van der Waals surface area contributed by atoms with Crippen molar-refractivity contribution in [2.24, 2.45) is 5.73 Å². The van der Waals surface area contributed by atoms with Gasteiger partial charge in [-0.25, -0.2) is 0 Å². The molecule has 0 bridgehead atoms. The molecule has 3 N–H and O–H groups in total. The Kier molecular flexibility index (Phi) is 20.1. The van der Waals surface area contributed by atoms with E-state index < -0.39 is 4.92 Å². The van der Waals surface area contributed by atoms with Crippen LogP contribution in [0.15, 0.2) is 23.5 Å². The Balaban J connectivity index is -0.000000273. The summed E-state index contributed by atoms with van der Waals surface area (Å²) in [4.78, 5) is 9.65. The number of rotatable bonds is 3. The Bertz CT molecular complexity index is 289. The standard InChI is InChI=1S/C7H12N2O2.C3H4.C2H7N/c1-3-4-5-7(8)6(2)9(10)11;2*1-3-2/h4-5H,3,8H2,1-2H3;1H,2H3;3H,1-2H3/b5-4-,7-6-;;. The lowest BCUT2D eigenvalue weighted by Gasteiger charge is -1.92. The molecule has 0 amide bonds. The molecule has 0 aromatic rings. The highest BCUT2D eigenvalue weighted by atomic mass is 16.6. The first-order valence-electron chi connectivity index (χ1n) is 5.15. The molecule has 0 spiro atoms. The average Bonchev–Trinajstić information content (AvgIpc) is 2.26. The molecule has 0 saturated heterocycles. The molecule has 0 atom stereocenters. The van der Waals surface area contributed by atoms with Crippen molar-refractivity contribution in [3.8, 4) is 12.3 Å². The van der Waals surface area contributed by atoms with Crippen molar-refractivity contribution in [2.75, 3.05) is 14.1 Å². The zero-order valence-corrected chi connectivity index (χ0v) is 11.3. The van der Waals surface area contributed by atoms with Crippen LogP contribution in [0.3, 0.4) is 0 Å². The number of nitrogens with zero attached hydrogens (tertiary/aromatic N) is 1. The van der Waals surface area contributed by atoms with E-state index in [1.54, 1.807) is 19.1 Å². The first-order valence-corrected chi connectivity index (χ1v) is 5.15. The molecule has 0 saturated carbocycles. The van der Waals surface area contributed by atoms with Gasteiger partial charge in [0, 0.05) is 6.92 Å². The normalized spacial score (nSPS) is 10.1. The van der Waals surface area contributed by atoms with Crippen molar-refractivity contribution in [1.29, 1.82) is 0 Å². The SMILES string of the molecule is C#CC.CC/C=C\C(N)=C(/C)[N+](=O)[O-].CNC. The predicted octanol–water partition coefficient (Wildman–Crippen LogP) is 1.89. The summed E-state index contributed by atoms with van der Waals surface area (Å²) in [5.74, 6) is 2.25. The van der Waals surface area contributed by atoms with E-state index in [1.807, 2.05) is 21.0 Å². The van der Waals surface area contributed by atoms with E-state index in [-0.39, 0.29) is 11.4 Å². The number of nitrogens with one attached hydrogen (secondary N) is 1. The van der Waals surface area contributed by atoms with Gasteiger partial charge in [-0.3, -0.25) is 10.1 Å². The molecule has 0 aliphatic rings. The van der Waals surface area contributed by atoms with Crippen LogP contribution in [0.25, 0.3) is 0 Å². The lowest BCUT2D eigenvalue weighted by Crippen LogP contribution is -2.04. The molecule has 0 aliphatic carbocycles. The first-order chi connectivity index (χ1) is 7.92. The minimum absolute atomic E-state index is 0.00491. The van der Waals surface area contributed by atoms with Crippen LogP contribution in [-0.4, -0.2) is 19.0 Å². The second-order valence-electron chi connectivity index (χ2n) is 2.90. The van der Waals surface area contributed by atoms with Gasteiger partial charge in [0.05, 0.1) is 4.92 Å². The fraction of sp³-hybridized carbons (Fsp3) is 0.500. The predicted molar refractivity (Wildman–Crippen MR) is 72.8 cm³/mol. The van der Waals surface area contributed by atoms with Crippen LogP contribution in [0.5, 0.6) is 0 Å². The van der Waals surface area contributed by atoms with Gasteiger partial charge in [0.15, 0.2) is 0 Å².